The molecule has 0 radical (unpaired) electrons. The highest BCUT2D eigenvalue weighted by molar-refractivity contribution is 5.98. The van der Waals surface area contributed by atoms with Crippen molar-refractivity contribution in [1.82, 2.24) is 0 Å². The van der Waals surface area contributed by atoms with Crippen LogP contribution in [0, 0.1) is 11.8 Å². The van der Waals surface area contributed by atoms with E-state index in [0.717, 1.165) is 43.9 Å². The Kier molecular flexibility index (Phi) is 28.1. The predicted molar refractivity (Wildman–Crippen MR) is 454 cm³/mol. The van der Waals surface area contributed by atoms with Gasteiger partial charge in [0.2, 0.25) is 0 Å². The summed E-state index contributed by atoms with van der Waals surface area (Å²) in [5, 5.41) is 5.25. The molecular weight excluding hydrogens is 1260 g/mol. The molecule has 0 heterocycles. The first-order valence-corrected chi connectivity index (χ1v) is 40.6. The molecule has 0 aliphatic heterocycles. The van der Waals surface area contributed by atoms with E-state index in [1.165, 1.54) is 222 Å². The van der Waals surface area contributed by atoms with Crippen LogP contribution in [0.2, 0.25) is 0 Å². The fourth-order valence-electron chi connectivity index (χ4n) is 17.2. The van der Waals surface area contributed by atoms with Gasteiger partial charge in [-0.15, -0.1) is 0 Å². The normalized spacial score (nSPS) is 18.2. The smallest absolute Gasteiger partial charge is 0.00135 e. The average Bonchev–Trinajstić information content (AvgIpc) is 1.53. The minimum atomic E-state index is 1.10. The maximum absolute atomic E-state index is 2.26. The Morgan fingerprint density at radius 2 is 0.552 bits per heavy atom. The van der Waals surface area contributed by atoms with Crippen molar-refractivity contribution in [2.45, 2.75) is 186 Å². The van der Waals surface area contributed by atoms with Crippen LogP contribution >= 0.6 is 0 Å². The van der Waals surface area contributed by atoms with Crippen molar-refractivity contribution in [2.24, 2.45) is 11.8 Å². The van der Waals surface area contributed by atoms with Gasteiger partial charge in [-0.2, -0.15) is 0 Å². The second kappa shape index (κ2) is 40.0. The fourth-order valence-corrected chi connectivity index (χ4v) is 17.2. The van der Waals surface area contributed by atoms with Crippen molar-refractivity contribution in [3.63, 3.8) is 0 Å². The van der Waals surface area contributed by atoms with Crippen molar-refractivity contribution < 1.29 is 0 Å². The summed E-state index contributed by atoms with van der Waals surface area (Å²) in [7, 11) is 0. The van der Waals surface area contributed by atoms with Crippen molar-refractivity contribution in [1.29, 1.82) is 0 Å². The Bertz CT molecular complexity index is 4340. The van der Waals surface area contributed by atoms with Gasteiger partial charge < -0.3 is 0 Å². The summed E-state index contributed by atoms with van der Waals surface area (Å²) in [6.07, 6.45) is 70.0. The van der Waals surface area contributed by atoms with E-state index >= 15 is 0 Å². The average molecular weight is 1370 g/mol. The molecule has 13 aliphatic rings. The monoisotopic (exact) mass is 1370 g/mol. The molecule has 23 rings (SSSR count). The topological polar surface area (TPSA) is 0 Å². The Morgan fingerprint density at radius 1 is 0.229 bits per heavy atom. The third-order valence-corrected chi connectivity index (χ3v) is 23.1. The summed E-state index contributed by atoms with van der Waals surface area (Å²) < 4.78 is 0. The van der Waals surface area contributed by atoms with E-state index in [1.807, 2.05) is 0 Å². The maximum atomic E-state index is 2.26. The highest BCUT2D eigenvalue weighted by atomic mass is 14.3. The number of fused-ring (bicyclic) bond motifs is 11. The zero-order valence-electron chi connectivity index (χ0n) is 62.7. The summed E-state index contributed by atoms with van der Waals surface area (Å²) in [4.78, 5) is 0. The number of benzene rings is 10. The molecule has 0 aromatic heterocycles. The van der Waals surface area contributed by atoms with Crippen LogP contribution in [0.15, 0.2) is 332 Å². The lowest BCUT2D eigenvalue weighted by Gasteiger charge is -2.35. The molecule has 0 bridgehead atoms. The lowest BCUT2D eigenvalue weighted by Crippen LogP contribution is -2.22. The Balaban J connectivity index is 0.000000104. The fraction of sp³-hybridized carbons (Fsp3) is 0.295. The van der Waals surface area contributed by atoms with E-state index in [4.69, 9.17) is 0 Å². The molecule has 10 aromatic rings. The lowest BCUT2D eigenvalue weighted by atomic mass is 9.71. The van der Waals surface area contributed by atoms with Crippen LogP contribution in [0.4, 0.5) is 0 Å². The van der Waals surface area contributed by atoms with Gasteiger partial charge in [-0.1, -0.05) is 392 Å². The molecule has 0 unspecified atom stereocenters. The molecular formula is C105H112. The molecule has 3 saturated carbocycles. The van der Waals surface area contributed by atoms with Gasteiger partial charge in [0.1, 0.15) is 0 Å². The Labute approximate surface area is 631 Å². The van der Waals surface area contributed by atoms with Gasteiger partial charge in [0.05, 0.1) is 0 Å². The highest BCUT2D eigenvalue weighted by Gasteiger charge is 2.27. The van der Waals surface area contributed by atoms with Gasteiger partial charge in [-0.3, -0.25) is 0 Å². The van der Waals surface area contributed by atoms with Crippen molar-refractivity contribution in [2.75, 3.05) is 0 Å². The summed E-state index contributed by atoms with van der Waals surface area (Å²) in [6.45, 7) is 0. The van der Waals surface area contributed by atoms with Gasteiger partial charge in [0, 0.05) is 0 Å². The minimum absolute atomic E-state index is 1.10. The predicted octanol–water partition coefficient (Wildman–Crippen LogP) is 28.7. The zero-order chi connectivity index (χ0) is 71.1. The van der Waals surface area contributed by atoms with Crippen LogP contribution in [-0.2, 0) is 51.4 Å². The molecule has 10 aromatic carbocycles. The van der Waals surface area contributed by atoms with Crippen molar-refractivity contribution in [3.8, 4) is 11.1 Å². The highest BCUT2D eigenvalue weighted by Crippen LogP contribution is 2.41. The number of aryl methyl sites for hydroxylation is 4. The molecule has 532 valence electrons. The number of rotatable bonds is 0. The van der Waals surface area contributed by atoms with Crippen LogP contribution in [0.1, 0.15) is 202 Å². The summed E-state index contributed by atoms with van der Waals surface area (Å²) >= 11 is 0. The first-order chi connectivity index (χ1) is 52.1. The minimum Gasteiger partial charge on any atom is -0.0808 e. The summed E-state index contributed by atoms with van der Waals surface area (Å²) in [5.74, 6) is 2.31. The van der Waals surface area contributed by atoms with Crippen LogP contribution in [0.25, 0.3) is 38.7 Å². The Morgan fingerprint density at radius 3 is 0.933 bits per heavy atom. The maximum Gasteiger partial charge on any atom is -0.00135 e. The summed E-state index contributed by atoms with van der Waals surface area (Å²) in [6, 6.07) is 82.3. The standard InChI is InChI=1S/C14H12.C14H10.C13H10.C10H18.C10H12.C9H10.C9H8.2C8H8.C5H10.C5H6/c2*1-2-6-12-10-14-8-4-3-7-13(14)9-11(12)5-1;1-3-7-12-10(5-1)9-11-6-2-4-8-13(11)12;2*1-2-6-10-8-4-3-7-9(10)5-1;2*1-2-5-9-7-3-6-8(9)4-1;2*1-3-7-5-2-6-8(7)4-1;2*1-2-4-5-3-1/h1-8H,9-10H2;1-10H;1-8H,9H2;9-10H,1-8H2;1-2,5-6H,3-4,7-8H2;1-2,4-5H,3,6-7H2;1-6H,7H2;1-3,6H,4-5H2;1-3,5H,4,6H2;1-5H2;1-4H,5H2. The van der Waals surface area contributed by atoms with E-state index < -0.39 is 0 Å². The first kappa shape index (κ1) is 73.7. The molecule has 0 N–H and O–H groups in total. The number of allylic oxidation sites excluding steroid dienone is 17. The van der Waals surface area contributed by atoms with Gasteiger partial charge >= 0.3 is 0 Å². The molecule has 0 heteroatoms. The molecule has 0 nitrogen and oxygen atoms in total. The molecule has 13 aliphatic carbocycles. The van der Waals surface area contributed by atoms with Crippen LogP contribution in [0.3, 0.4) is 0 Å². The molecule has 105 heavy (non-hydrogen) atoms. The SMILES string of the molecule is C1=CC2=C(C1)CC=C2.C1=CC2=C(C=CC2)C1.C1=CCC=C1.C1=Cc2ccccc2C1.C1CCC2CCCCC2C1.C1CCCC1.c1ccc2c(c1)CCC2.c1ccc2c(c1)CCCC2.c1ccc2c(c1)Cc1ccccc1-2.c1ccc2c(c1)Cc1ccccc1C2.c1ccc2cc3ccccc3cc2c1. The second-order valence-electron chi connectivity index (χ2n) is 30.3. The first-order valence-electron chi connectivity index (χ1n) is 40.6. The third-order valence-electron chi connectivity index (χ3n) is 23.1. The van der Waals surface area contributed by atoms with Crippen molar-refractivity contribution in [3.05, 3.63) is 399 Å². The molecule has 0 spiro atoms. The number of hydrogen-bond acceptors (Lipinski definition) is 0. The largest absolute Gasteiger partial charge is 0.0808 e. The van der Waals surface area contributed by atoms with Gasteiger partial charge in [0.25, 0.3) is 0 Å². The zero-order valence-corrected chi connectivity index (χ0v) is 62.7. The Hall–Kier alpha value is -9.62. The van der Waals surface area contributed by atoms with Gasteiger partial charge in [-0.05, 0) is 243 Å². The van der Waals surface area contributed by atoms with Crippen LogP contribution in [0.5, 0.6) is 0 Å². The van der Waals surface area contributed by atoms with Gasteiger partial charge in [-0.25, -0.2) is 0 Å². The van der Waals surface area contributed by atoms with Crippen LogP contribution in [-0.4, -0.2) is 0 Å². The number of hydrogen-bond donors (Lipinski definition) is 0. The van der Waals surface area contributed by atoms with E-state index in [0.29, 0.717) is 0 Å². The second-order valence-corrected chi connectivity index (χ2v) is 30.3. The van der Waals surface area contributed by atoms with Crippen molar-refractivity contribution >= 4 is 27.6 Å². The van der Waals surface area contributed by atoms with E-state index in [-0.39, 0.29) is 0 Å². The molecule has 0 atom stereocenters. The van der Waals surface area contributed by atoms with Crippen LogP contribution < -0.4 is 0 Å². The molecule has 0 saturated heterocycles. The van der Waals surface area contributed by atoms with E-state index in [1.54, 1.807) is 53.5 Å². The van der Waals surface area contributed by atoms with E-state index in [9.17, 15) is 0 Å². The third kappa shape index (κ3) is 21.8. The summed E-state index contributed by atoms with van der Waals surface area (Å²) in [5.41, 5.74) is 27.0. The molecule has 3 fully saturated rings. The quantitative estimate of drug-likeness (QED) is 0.133. The van der Waals surface area contributed by atoms with E-state index in [2.05, 4.69) is 316 Å². The lowest BCUT2D eigenvalue weighted by molar-refractivity contribution is 0.171. The molecule has 0 amide bonds. The van der Waals surface area contributed by atoms with Gasteiger partial charge in [0.15, 0.2) is 0 Å².